The lowest BCUT2D eigenvalue weighted by Crippen LogP contribution is -2.16. The van der Waals surface area contributed by atoms with E-state index in [1.54, 1.807) is 19.1 Å². The monoisotopic (exact) mass is 183 g/mol. The molecule has 3 N–H and O–H groups in total. The Morgan fingerprint density at radius 2 is 2.23 bits per heavy atom. The number of hydrogen-bond donors (Lipinski definition) is 3. The second kappa shape index (κ2) is 4.74. The van der Waals surface area contributed by atoms with Crippen LogP contribution in [0.2, 0.25) is 0 Å². The van der Waals surface area contributed by atoms with Crippen molar-refractivity contribution in [3.63, 3.8) is 0 Å². The molecule has 5 heteroatoms. The summed E-state index contributed by atoms with van der Waals surface area (Å²) in [4.78, 5) is 0. The van der Waals surface area contributed by atoms with Crippen LogP contribution in [0.15, 0.2) is 12.1 Å². The fourth-order valence-corrected chi connectivity index (χ4v) is 0.791. The van der Waals surface area contributed by atoms with Gasteiger partial charge in [-0.3, -0.25) is 0 Å². The summed E-state index contributed by atoms with van der Waals surface area (Å²) >= 11 is 0. The fourth-order valence-electron chi connectivity index (χ4n) is 0.791. The van der Waals surface area contributed by atoms with Crippen LogP contribution in [0, 0.1) is 0 Å². The first kappa shape index (κ1) is 9.88. The van der Waals surface area contributed by atoms with Gasteiger partial charge in [-0.1, -0.05) is 0 Å². The van der Waals surface area contributed by atoms with Crippen LogP contribution in [0.3, 0.4) is 0 Å². The smallest absolute Gasteiger partial charge is 0.148 e. The summed E-state index contributed by atoms with van der Waals surface area (Å²) in [5.74, 6) is 0.595. The summed E-state index contributed by atoms with van der Waals surface area (Å²) < 4.78 is 0. The van der Waals surface area contributed by atoms with E-state index in [0.717, 1.165) is 0 Å². The molecule has 0 spiro atoms. The topological polar surface area (TPSA) is 78.3 Å². The number of hydrogen-bond acceptors (Lipinski definition) is 5. The average molecular weight is 183 g/mol. The van der Waals surface area contributed by atoms with E-state index in [1.165, 1.54) is 0 Å². The van der Waals surface area contributed by atoms with Crippen molar-refractivity contribution in [2.45, 2.75) is 19.6 Å². The van der Waals surface area contributed by atoms with Crippen LogP contribution in [0.25, 0.3) is 0 Å². The molecule has 1 aromatic heterocycles. The quantitative estimate of drug-likeness (QED) is 0.600. The summed E-state index contributed by atoms with van der Waals surface area (Å²) in [5.41, 5.74) is 0.530. The lowest BCUT2D eigenvalue weighted by Gasteiger charge is -2.06. The van der Waals surface area contributed by atoms with Gasteiger partial charge in [0.2, 0.25) is 0 Å². The van der Waals surface area contributed by atoms with E-state index in [2.05, 4.69) is 15.5 Å². The van der Waals surface area contributed by atoms with E-state index in [-0.39, 0.29) is 6.61 Å². The van der Waals surface area contributed by atoms with Gasteiger partial charge in [0.05, 0.1) is 18.4 Å². The minimum atomic E-state index is -0.417. The van der Waals surface area contributed by atoms with E-state index in [0.29, 0.717) is 18.1 Å². The number of nitrogens with zero attached hydrogens (tertiary/aromatic N) is 2. The molecule has 0 saturated heterocycles. The Bertz CT molecular complexity index is 248. The molecule has 0 amide bonds. The summed E-state index contributed by atoms with van der Waals surface area (Å²) in [7, 11) is 0. The maximum atomic E-state index is 8.96. The summed E-state index contributed by atoms with van der Waals surface area (Å²) in [6, 6.07) is 3.39. The summed E-state index contributed by atoms with van der Waals surface area (Å²) in [5, 5.41) is 28.1. The zero-order valence-corrected chi connectivity index (χ0v) is 7.44. The van der Waals surface area contributed by atoms with Crippen LogP contribution in [-0.2, 0) is 6.61 Å². The highest BCUT2D eigenvalue weighted by atomic mass is 16.3. The van der Waals surface area contributed by atoms with Gasteiger partial charge >= 0.3 is 0 Å². The normalized spacial score (nSPS) is 12.5. The van der Waals surface area contributed by atoms with Crippen LogP contribution < -0.4 is 5.32 Å². The largest absolute Gasteiger partial charge is 0.392 e. The third-order valence-electron chi connectivity index (χ3n) is 1.46. The first-order valence-electron chi connectivity index (χ1n) is 4.08. The van der Waals surface area contributed by atoms with Crippen molar-refractivity contribution in [3.05, 3.63) is 17.8 Å². The lowest BCUT2D eigenvalue weighted by atomic mass is 10.4. The first-order chi connectivity index (χ1) is 6.22. The first-order valence-corrected chi connectivity index (χ1v) is 4.08. The molecule has 0 bridgehead atoms. The maximum Gasteiger partial charge on any atom is 0.148 e. The number of aromatic nitrogens is 2. The predicted octanol–water partition coefficient (Wildman–Crippen LogP) is -0.238. The molecule has 0 aliphatic carbocycles. The average Bonchev–Trinajstić information content (AvgIpc) is 2.15. The third kappa shape index (κ3) is 3.35. The van der Waals surface area contributed by atoms with Gasteiger partial charge in [0, 0.05) is 6.54 Å². The van der Waals surface area contributed by atoms with Gasteiger partial charge in [0.25, 0.3) is 0 Å². The van der Waals surface area contributed by atoms with Crippen LogP contribution in [0.1, 0.15) is 12.6 Å². The Morgan fingerprint density at radius 1 is 1.46 bits per heavy atom. The van der Waals surface area contributed by atoms with E-state index in [9.17, 15) is 0 Å². The minimum absolute atomic E-state index is 0.107. The molecular formula is C8H13N3O2. The maximum absolute atomic E-state index is 8.96. The van der Waals surface area contributed by atoms with Crippen molar-refractivity contribution >= 4 is 5.82 Å². The third-order valence-corrected chi connectivity index (χ3v) is 1.46. The molecule has 0 radical (unpaired) electrons. The molecule has 1 unspecified atom stereocenters. The van der Waals surface area contributed by atoms with Crippen LogP contribution in [0.5, 0.6) is 0 Å². The highest BCUT2D eigenvalue weighted by Crippen LogP contribution is 2.01. The van der Waals surface area contributed by atoms with Gasteiger partial charge < -0.3 is 15.5 Å². The van der Waals surface area contributed by atoms with Crippen LogP contribution in [-0.4, -0.2) is 33.1 Å². The molecule has 0 aliphatic rings. The number of aliphatic hydroxyl groups excluding tert-OH is 2. The van der Waals surface area contributed by atoms with Crippen molar-refractivity contribution in [1.82, 2.24) is 10.2 Å². The zero-order chi connectivity index (χ0) is 9.68. The van der Waals surface area contributed by atoms with Gasteiger partial charge in [-0.25, -0.2) is 0 Å². The van der Waals surface area contributed by atoms with Gasteiger partial charge in [-0.15, -0.1) is 5.10 Å². The Morgan fingerprint density at radius 3 is 2.69 bits per heavy atom. The van der Waals surface area contributed by atoms with E-state index in [1.807, 2.05) is 0 Å². The number of aliphatic hydroxyl groups is 2. The molecule has 0 aliphatic heterocycles. The van der Waals surface area contributed by atoms with Crippen molar-refractivity contribution in [1.29, 1.82) is 0 Å². The molecule has 1 rings (SSSR count). The Hall–Kier alpha value is -1.20. The minimum Gasteiger partial charge on any atom is -0.392 e. The molecule has 0 saturated carbocycles. The van der Waals surface area contributed by atoms with E-state index < -0.39 is 6.10 Å². The number of nitrogens with one attached hydrogen (secondary N) is 1. The molecule has 13 heavy (non-hydrogen) atoms. The standard InChI is InChI=1S/C8H13N3O2/c1-6(13)4-9-8-3-2-7(5-12)10-11-8/h2-3,6,12-13H,4-5H2,1H3,(H,9,11). The van der Waals surface area contributed by atoms with Crippen molar-refractivity contribution < 1.29 is 10.2 Å². The summed E-state index contributed by atoms with van der Waals surface area (Å²) in [6.45, 7) is 2.01. The molecule has 0 fully saturated rings. The van der Waals surface area contributed by atoms with Gasteiger partial charge in [-0.05, 0) is 19.1 Å². The molecule has 1 aromatic rings. The van der Waals surface area contributed by atoms with Crippen molar-refractivity contribution in [2.75, 3.05) is 11.9 Å². The van der Waals surface area contributed by atoms with Crippen molar-refractivity contribution in [3.8, 4) is 0 Å². The van der Waals surface area contributed by atoms with Gasteiger partial charge in [0.15, 0.2) is 0 Å². The lowest BCUT2D eigenvalue weighted by molar-refractivity contribution is 0.208. The fraction of sp³-hybridized carbons (Fsp3) is 0.500. The van der Waals surface area contributed by atoms with Crippen LogP contribution >= 0.6 is 0 Å². The zero-order valence-electron chi connectivity index (χ0n) is 7.44. The highest BCUT2D eigenvalue weighted by Gasteiger charge is 1.98. The van der Waals surface area contributed by atoms with Crippen LogP contribution in [0.4, 0.5) is 5.82 Å². The molecule has 1 atom stereocenters. The highest BCUT2D eigenvalue weighted by molar-refractivity contribution is 5.32. The molecule has 72 valence electrons. The van der Waals surface area contributed by atoms with Crippen molar-refractivity contribution in [2.24, 2.45) is 0 Å². The van der Waals surface area contributed by atoms with E-state index in [4.69, 9.17) is 10.2 Å². The predicted molar refractivity (Wildman–Crippen MR) is 48.1 cm³/mol. The molecule has 1 heterocycles. The Balaban J connectivity index is 2.49. The second-order valence-corrected chi connectivity index (χ2v) is 2.80. The van der Waals surface area contributed by atoms with Gasteiger partial charge in [0.1, 0.15) is 5.82 Å². The van der Waals surface area contributed by atoms with Gasteiger partial charge in [-0.2, -0.15) is 5.10 Å². The number of anilines is 1. The molecular weight excluding hydrogens is 170 g/mol. The Labute approximate surface area is 76.4 Å². The van der Waals surface area contributed by atoms with E-state index >= 15 is 0 Å². The Kier molecular flexibility index (Phi) is 3.60. The second-order valence-electron chi connectivity index (χ2n) is 2.80. The number of rotatable bonds is 4. The summed E-state index contributed by atoms with van der Waals surface area (Å²) in [6.07, 6.45) is -0.417. The molecule has 5 nitrogen and oxygen atoms in total. The molecule has 0 aromatic carbocycles. The SMILES string of the molecule is CC(O)CNc1ccc(CO)nn1.